The van der Waals surface area contributed by atoms with Crippen molar-refractivity contribution in [3.63, 3.8) is 0 Å². The van der Waals surface area contributed by atoms with Gasteiger partial charge in [0.1, 0.15) is 0 Å². The topological polar surface area (TPSA) is 41.1 Å². The minimum atomic E-state index is -0.0132. The van der Waals surface area contributed by atoms with Crippen LogP contribution >= 0.6 is 0 Å². The number of anilines is 1. The van der Waals surface area contributed by atoms with Crippen molar-refractivity contribution < 1.29 is 4.79 Å². The molecule has 1 unspecified atom stereocenters. The molecule has 0 spiro atoms. The predicted octanol–water partition coefficient (Wildman–Crippen LogP) is 3.61. The first-order valence-corrected chi connectivity index (χ1v) is 7.42. The first-order valence-electron chi connectivity index (χ1n) is 7.42. The maximum absolute atomic E-state index is 12.6. The standard InChI is InChI=1S/C18H20N2O/c1-19-16-10-6-5-9-15(16)18(21)20-17(14-11-12-14)13-7-3-2-4-8-13/h2-10,14,17,19H,11-12H2,1H3,(H,20,21). The summed E-state index contributed by atoms with van der Waals surface area (Å²) >= 11 is 0. The summed E-state index contributed by atoms with van der Waals surface area (Å²) in [6, 6.07) is 18.0. The first-order chi connectivity index (χ1) is 10.3. The number of rotatable bonds is 5. The van der Waals surface area contributed by atoms with E-state index in [1.165, 1.54) is 18.4 Å². The van der Waals surface area contributed by atoms with Crippen molar-refractivity contribution in [2.24, 2.45) is 5.92 Å². The fraction of sp³-hybridized carbons (Fsp3) is 0.278. The average molecular weight is 280 g/mol. The Hall–Kier alpha value is -2.29. The average Bonchev–Trinajstić information content (AvgIpc) is 3.38. The van der Waals surface area contributed by atoms with Crippen molar-refractivity contribution in [3.05, 3.63) is 65.7 Å². The lowest BCUT2D eigenvalue weighted by molar-refractivity contribution is 0.0932. The van der Waals surface area contributed by atoms with Crippen LogP contribution in [0.15, 0.2) is 54.6 Å². The van der Waals surface area contributed by atoms with E-state index in [-0.39, 0.29) is 11.9 Å². The zero-order valence-corrected chi connectivity index (χ0v) is 12.2. The third-order valence-electron chi connectivity index (χ3n) is 3.98. The molecule has 0 aliphatic heterocycles. The minimum absolute atomic E-state index is 0.0132. The molecular formula is C18H20N2O. The smallest absolute Gasteiger partial charge is 0.253 e. The summed E-state index contributed by atoms with van der Waals surface area (Å²) in [6.07, 6.45) is 2.38. The molecule has 1 atom stereocenters. The Kier molecular flexibility index (Phi) is 3.91. The van der Waals surface area contributed by atoms with Crippen molar-refractivity contribution in [1.29, 1.82) is 0 Å². The second-order valence-corrected chi connectivity index (χ2v) is 5.49. The maximum Gasteiger partial charge on any atom is 0.253 e. The Balaban J connectivity index is 1.82. The Labute approximate surface area is 125 Å². The van der Waals surface area contributed by atoms with Gasteiger partial charge in [0.05, 0.1) is 11.6 Å². The summed E-state index contributed by atoms with van der Waals surface area (Å²) in [5.74, 6) is 0.554. The number of amides is 1. The van der Waals surface area contributed by atoms with Gasteiger partial charge in [-0.05, 0) is 36.5 Å². The van der Waals surface area contributed by atoms with Gasteiger partial charge in [0.15, 0.2) is 0 Å². The van der Waals surface area contributed by atoms with Crippen LogP contribution in [0.5, 0.6) is 0 Å². The van der Waals surface area contributed by atoms with Crippen molar-refractivity contribution in [1.82, 2.24) is 5.32 Å². The van der Waals surface area contributed by atoms with E-state index in [1.54, 1.807) is 0 Å². The molecule has 0 saturated heterocycles. The predicted molar refractivity (Wildman–Crippen MR) is 85.4 cm³/mol. The van der Waals surface area contributed by atoms with Crippen molar-refractivity contribution >= 4 is 11.6 Å². The molecule has 21 heavy (non-hydrogen) atoms. The highest BCUT2D eigenvalue weighted by molar-refractivity contribution is 5.99. The molecule has 1 saturated carbocycles. The number of benzene rings is 2. The summed E-state index contributed by atoms with van der Waals surface area (Å²) in [6.45, 7) is 0. The molecule has 0 heterocycles. The van der Waals surface area contributed by atoms with Crippen LogP contribution in [0.3, 0.4) is 0 Å². The van der Waals surface area contributed by atoms with E-state index in [9.17, 15) is 4.79 Å². The second-order valence-electron chi connectivity index (χ2n) is 5.49. The molecule has 1 aliphatic carbocycles. The van der Waals surface area contributed by atoms with Crippen LogP contribution in [-0.4, -0.2) is 13.0 Å². The maximum atomic E-state index is 12.6. The van der Waals surface area contributed by atoms with Gasteiger partial charge >= 0.3 is 0 Å². The number of hydrogen-bond acceptors (Lipinski definition) is 2. The molecule has 0 aromatic heterocycles. The number of nitrogens with one attached hydrogen (secondary N) is 2. The molecule has 3 rings (SSSR count). The van der Waals surface area contributed by atoms with Gasteiger partial charge in [-0.15, -0.1) is 0 Å². The summed E-state index contributed by atoms with van der Waals surface area (Å²) in [7, 11) is 1.84. The molecular weight excluding hydrogens is 260 g/mol. The summed E-state index contributed by atoms with van der Waals surface area (Å²) in [5.41, 5.74) is 2.74. The van der Waals surface area contributed by atoms with Crippen LogP contribution in [0.4, 0.5) is 5.69 Å². The molecule has 2 aromatic carbocycles. The van der Waals surface area contributed by atoms with Crippen LogP contribution < -0.4 is 10.6 Å². The molecule has 0 radical (unpaired) electrons. The van der Waals surface area contributed by atoms with Gasteiger partial charge < -0.3 is 10.6 Å². The summed E-state index contributed by atoms with van der Waals surface area (Å²) in [4.78, 5) is 12.6. The highest BCUT2D eigenvalue weighted by Crippen LogP contribution is 2.41. The van der Waals surface area contributed by atoms with Gasteiger partial charge in [-0.3, -0.25) is 4.79 Å². The van der Waals surface area contributed by atoms with Gasteiger partial charge in [0.25, 0.3) is 5.91 Å². The first kappa shape index (κ1) is 13.7. The molecule has 1 amide bonds. The summed E-state index contributed by atoms with van der Waals surface area (Å²) < 4.78 is 0. The van der Waals surface area contributed by atoms with Crippen molar-refractivity contribution in [2.75, 3.05) is 12.4 Å². The quantitative estimate of drug-likeness (QED) is 0.878. The number of carbonyl (C=O) groups excluding carboxylic acids is 1. The number of para-hydroxylation sites is 1. The van der Waals surface area contributed by atoms with E-state index in [2.05, 4.69) is 22.8 Å². The van der Waals surface area contributed by atoms with E-state index >= 15 is 0 Å². The fourth-order valence-corrected chi connectivity index (χ4v) is 2.68. The van der Waals surface area contributed by atoms with E-state index in [1.807, 2.05) is 49.5 Å². The second kappa shape index (κ2) is 6.00. The third-order valence-corrected chi connectivity index (χ3v) is 3.98. The van der Waals surface area contributed by atoms with Gasteiger partial charge in [-0.25, -0.2) is 0 Å². The van der Waals surface area contributed by atoms with Gasteiger partial charge in [-0.2, -0.15) is 0 Å². The summed E-state index contributed by atoms with van der Waals surface area (Å²) in [5, 5.41) is 6.28. The van der Waals surface area contributed by atoms with Crippen LogP contribution in [0, 0.1) is 5.92 Å². The molecule has 1 fully saturated rings. The highest BCUT2D eigenvalue weighted by Gasteiger charge is 2.33. The molecule has 2 aromatic rings. The Bertz CT molecular complexity index is 620. The van der Waals surface area contributed by atoms with Gasteiger partial charge in [0.2, 0.25) is 0 Å². The Morgan fingerprint density at radius 2 is 1.71 bits per heavy atom. The van der Waals surface area contributed by atoms with E-state index < -0.39 is 0 Å². The number of carbonyl (C=O) groups is 1. The van der Waals surface area contributed by atoms with Crippen LogP contribution in [0.25, 0.3) is 0 Å². The molecule has 3 nitrogen and oxygen atoms in total. The van der Waals surface area contributed by atoms with Crippen LogP contribution in [0.1, 0.15) is 34.8 Å². The normalized spacial score (nSPS) is 15.3. The lowest BCUT2D eigenvalue weighted by Gasteiger charge is -2.19. The SMILES string of the molecule is CNc1ccccc1C(=O)NC(c1ccccc1)C1CC1. The molecule has 2 N–H and O–H groups in total. The minimum Gasteiger partial charge on any atom is -0.387 e. The molecule has 0 bridgehead atoms. The zero-order chi connectivity index (χ0) is 14.7. The van der Waals surface area contributed by atoms with Crippen LogP contribution in [0.2, 0.25) is 0 Å². The highest BCUT2D eigenvalue weighted by atomic mass is 16.1. The fourth-order valence-electron chi connectivity index (χ4n) is 2.68. The lowest BCUT2D eigenvalue weighted by Crippen LogP contribution is -2.30. The van der Waals surface area contributed by atoms with E-state index in [0.717, 1.165) is 5.69 Å². The zero-order valence-electron chi connectivity index (χ0n) is 12.2. The lowest BCUT2D eigenvalue weighted by atomic mass is 10.0. The molecule has 3 heteroatoms. The van der Waals surface area contributed by atoms with E-state index in [0.29, 0.717) is 11.5 Å². The van der Waals surface area contributed by atoms with Gasteiger partial charge in [0, 0.05) is 12.7 Å². The Morgan fingerprint density at radius 3 is 2.38 bits per heavy atom. The molecule has 108 valence electrons. The van der Waals surface area contributed by atoms with Crippen molar-refractivity contribution in [3.8, 4) is 0 Å². The van der Waals surface area contributed by atoms with Crippen LogP contribution in [-0.2, 0) is 0 Å². The monoisotopic (exact) mass is 280 g/mol. The van der Waals surface area contributed by atoms with Crippen molar-refractivity contribution in [2.45, 2.75) is 18.9 Å². The van der Waals surface area contributed by atoms with Gasteiger partial charge in [-0.1, -0.05) is 42.5 Å². The third kappa shape index (κ3) is 3.07. The largest absolute Gasteiger partial charge is 0.387 e. The molecule has 1 aliphatic rings. The Morgan fingerprint density at radius 1 is 1.05 bits per heavy atom. The van der Waals surface area contributed by atoms with E-state index in [4.69, 9.17) is 0 Å². The number of hydrogen-bond donors (Lipinski definition) is 2.